The topological polar surface area (TPSA) is 39.7 Å². The zero-order chi connectivity index (χ0) is 13.7. The average molecular weight is 263 g/mol. The molecule has 1 aromatic carbocycles. The second kappa shape index (κ2) is 6.48. The molecule has 0 spiro atoms. The third kappa shape index (κ3) is 2.84. The predicted octanol–water partition coefficient (Wildman–Crippen LogP) is 2.66. The Balaban J connectivity index is 2.40. The van der Waals surface area contributed by atoms with Crippen LogP contribution in [0.2, 0.25) is 0 Å². The minimum absolute atomic E-state index is 0.00894. The van der Waals surface area contributed by atoms with E-state index >= 15 is 0 Å². The predicted molar refractivity (Wildman–Crippen MR) is 74.6 cm³/mol. The van der Waals surface area contributed by atoms with Crippen molar-refractivity contribution in [2.45, 2.75) is 18.9 Å². The normalized spacial score (nSPS) is 16.3. The molecule has 1 atom stereocenters. The number of nitrogens with one attached hydrogen (secondary N) is 1. The molecule has 0 fully saturated rings. The molecule has 0 bridgehead atoms. The molecule has 1 N–H and O–H groups in total. The maximum atomic E-state index is 5.76. The van der Waals surface area contributed by atoms with Gasteiger partial charge in [0.15, 0.2) is 11.5 Å². The van der Waals surface area contributed by atoms with Gasteiger partial charge in [0.2, 0.25) is 0 Å². The highest BCUT2D eigenvalue weighted by Gasteiger charge is 2.23. The number of allylic oxidation sites excluding steroid dienone is 1. The minimum atomic E-state index is -0.00894. The van der Waals surface area contributed by atoms with Crippen LogP contribution in [0.4, 0.5) is 0 Å². The summed E-state index contributed by atoms with van der Waals surface area (Å²) in [5.74, 6) is 2.44. The summed E-state index contributed by atoms with van der Waals surface area (Å²) in [4.78, 5) is 0. The summed E-state index contributed by atoms with van der Waals surface area (Å²) in [6.45, 7) is 0.774. The molecule has 0 saturated heterocycles. The van der Waals surface area contributed by atoms with Crippen LogP contribution in [0.1, 0.15) is 24.4 Å². The summed E-state index contributed by atoms with van der Waals surface area (Å²) >= 11 is 0. The molecule has 0 saturated carbocycles. The lowest BCUT2D eigenvalue weighted by molar-refractivity contribution is 0.168. The fourth-order valence-corrected chi connectivity index (χ4v) is 2.37. The van der Waals surface area contributed by atoms with Crippen molar-refractivity contribution in [3.05, 3.63) is 35.6 Å². The molecule has 19 heavy (non-hydrogen) atoms. The molecular weight excluding hydrogens is 242 g/mol. The average Bonchev–Trinajstić information content (AvgIpc) is 2.48. The number of likely N-dealkylation sites (N-methyl/N-ethyl adjacent to an activating group) is 1. The van der Waals surface area contributed by atoms with Crippen LogP contribution < -0.4 is 14.8 Å². The van der Waals surface area contributed by atoms with Crippen molar-refractivity contribution < 1.29 is 14.2 Å². The Labute approximate surface area is 114 Å². The Kier molecular flexibility index (Phi) is 4.68. The van der Waals surface area contributed by atoms with Crippen LogP contribution in [-0.2, 0) is 4.74 Å². The Morgan fingerprint density at radius 1 is 1.26 bits per heavy atom. The number of rotatable bonds is 5. The van der Waals surface area contributed by atoms with E-state index in [2.05, 4.69) is 11.4 Å². The number of hydrogen-bond donors (Lipinski definition) is 1. The largest absolute Gasteiger partial charge is 0.496 e. The molecular formula is C15H21NO3. The lowest BCUT2D eigenvalue weighted by Gasteiger charge is -2.25. The summed E-state index contributed by atoms with van der Waals surface area (Å²) in [6.07, 6.45) is 4.28. The van der Waals surface area contributed by atoms with E-state index in [-0.39, 0.29) is 6.04 Å². The Morgan fingerprint density at radius 2 is 2.11 bits per heavy atom. The Bertz CT molecular complexity index is 457. The van der Waals surface area contributed by atoms with Crippen molar-refractivity contribution in [3.8, 4) is 11.5 Å². The van der Waals surface area contributed by atoms with Crippen LogP contribution in [0.25, 0.3) is 0 Å². The summed E-state index contributed by atoms with van der Waals surface area (Å²) in [6, 6.07) is 5.88. The van der Waals surface area contributed by atoms with Crippen LogP contribution in [0.3, 0.4) is 0 Å². The maximum absolute atomic E-state index is 5.76. The van der Waals surface area contributed by atoms with Gasteiger partial charge in [-0.1, -0.05) is 12.1 Å². The van der Waals surface area contributed by atoms with Crippen LogP contribution >= 0.6 is 0 Å². The monoisotopic (exact) mass is 263 g/mol. The van der Waals surface area contributed by atoms with Gasteiger partial charge in [-0.25, -0.2) is 0 Å². The fraction of sp³-hybridized carbons (Fsp3) is 0.467. The Morgan fingerprint density at radius 3 is 2.68 bits per heavy atom. The number of para-hydroxylation sites is 1. The van der Waals surface area contributed by atoms with E-state index in [1.54, 1.807) is 14.2 Å². The van der Waals surface area contributed by atoms with E-state index in [1.165, 1.54) is 0 Å². The zero-order valence-corrected chi connectivity index (χ0v) is 11.7. The van der Waals surface area contributed by atoms with E-state index in [0.717, 1.165) is 42.3 Å². The van der Waals surface area contributed by atoms with Crippen molar-refractivity contribution in [1.29, 1.82) is 0 Å². The van der Waals surface area contributed by atoms with Crippen molar-refractivity contribution in [2.75, 3.05) is 27.9 Å². The van der Waals surface area contributed by atoms with Crippen molar-refractivity contribution in [1.82, 2.24) is 5.32 Å². The van der Waals surface area contributed by atoms with E-state index in [4.69, 9.17) is 14.2 Å². The van der Waals surface area contributed by atoms with Gasteiger partial charge in [-0.3, -0.25) is 0 Å². The van der Waals surface area contributed by atoms with E-state index < -0.39 is 0 Å². The second-order valence-electron chi connectivity index (χ2n) is 4.40. The molecule has 0 amide bonds. The molecule has 1 unspecified atom stereocenters. The zero-order valence-electron chi connectivity index (χ0n) is 11.7. The maximum Gasteiger partial charge on any atom is 0.165 e. The van der Waals surface area contributed by atoms with Crippen molar-refractivity contribution in [2.24, 2.45) is 0 Å². The molecule has 1 aromatic rings. The summed E-state index contributed by atoms with van der Waals surface area (Å²) in [5, 5.41) is 3.29. The molecule has 0 radical (unpaired) electrons. The lowest BCUT2D eigenvalue weighted by Crippen LogP contribution is -2.22. The third-order valence-corrected chi connectivity index (χ3v) is 3.28. The van der Waals surface area contributed by atoms with E-state index in [9.17, 15) is 0 Å². The minimum Gasteiger partial charge on any atom is -0.496 e. The molecule has 104 valence electrons. The van der Waals surface area contributed by atoms with Gasteiger partial charge in [-0.2, -0.15) is 0 Å². The number of methoxy groups -OCH3 is 2. The first-order valence-corrected chi connectivity index (χ1v) is 6.52. The van der Waals surface area contributed by atoms with Gasteiger partial charge >= 0.3 is 0 Å². The van der Waals surface area contributed by atoms with Gasteiger partial charge < -0.3 is 19.5 Å². The van der Waals surface area contributed by atoms with Crippen LogP contribution in [0, 0.1) is 0 Å². The molecule has 0 aromatic heterocycles. The fourth-order valence-electron chi connectivity index (χ4n) is 2.37. The molecule has 1 heterocycles. The lowest BCUT2D eigenvalue weighted by atomic mass is 10.0. The van der Waals surface area contributed by atoms with Gasteiger partial charge in [0, 0.05) is 5.56 Å². The van der Waals surface area contributed by atoms with Gasteiger partial charge in [0.05, 0.1) is 26.9 Å². The first kappa shape index (κ1) is 13.7. The Hall–Kier alpha value is -1.68. The molecule has 1 aliphatic rings. The highest BCUT2D eigenvalue weighted by molar-refractivity contribution is 5.49. The third-order valence-electron chi connectivity index (χ3n) is 3.28. The highest BCUT2D eigenvalue weighted by atomic mass is 16.5. The first-order chi connectivity index (χ1) is 9.31. The van der Waals surface area contributed by atoms with Gasteiger partial charge in [0.25, 0.3) is 0 Å². The number of hydrogen-bond acceptors (Lipinski definition) is 4. The molecule has 4 nitrogen and oxygen atoms in total. The van der Waals surface area contributed by atoms with Gasteiger partial charge in [-0.05, 0) is 32.0 Å². The van der Waals surface area contributed by atoms with E-state index in [0.29, 0.717) is 0 Å². The second-order valence-corrected chi connectivity index (χ2v) is 4.40. The summed E-state index contributed by atoms with van der Waals surface area (Å²) < 4.78 is 16.6. The van der Waals surface area contributed by atoms with Crippen LogP contribution in [-0.4, -0.2) is 27.9 Å². The van der Waals surface area contributed by atoms with Crippen LogP contribution in [0.15, 0.2) is 30.0 Å². The van der Waals surface area contributed by atoms with E-state index in [1.807, 2.05) is 25.2 Å². The van der Waals surface area contributed by atoms with Gasteiger partial charge in [0.1, 0.15) is 5.76 Å². The quantitative estimate of drug-likeness (QED) is 0.886. The molecule has 2 rings (SSSR count). The highest BCUT2D eigenvalue weighted by Crippen LogP contribution is 2.37. The molecule has 4 heteroatoms. The first-order valence-electron chi connectivity index (χ1n) is 6.52. The summed E-state index contributed by atoms with van der Waals surface area (Å²) in [5.41, 5.74) is 1.03. The SMILES string of the molecule is CNC(C1=CCCCO1)c1cccc(OC)c1OC. The standard InChI is InChI=1S/C15H21NO3/c1-16-14(12-8-4-5-10-19-12)11-7-6-9-13(17-2)15(11)18-3/h6-9,14,16H,4-5,10H2,1-3H3. The molecule has 1 aliphatic heterocycles. The van der Waals surface area contributed by atoms with Crippen molar-refractivity contribution >= 4 is 0 Å². The van der Waals surface area contributed by atoms with Crippen molar-refractivity contribution in [3.63, 3.8) is 0 Å². The number of ether oxygens (including phenoxy) is 3. The summed E-state index contributed by atoms with van der Waals surface area (Å²) in [7, 11) is 5.22. The number of benzene rings is 1. The van der Waals surface area contributed by atoms with Gasteiger partial charge in [-0.15, -0.1) is 0 Å². The molecule has 0 aliphatic carbocycles. The van der Waals surface area contributed by atoms with Crippen LogP contribution in [0.5, 0.6) is 11.5 Å². The smallest absolute Gasteiger partial charge is 0.165 e.